The number of benzene rings is 1. The molecule has 1 aromatic rings. The SMILES string of the molecule is C=C(C)C(=O)Nc1ccccc1OC(=O)OC(C)(C)C. The highest BCUT2D eigenvalue weighted by atomic mass is 16.7. The lowest BCUT2D eigenvalue weighted by Crippen LogP contribution is -2.26. The molecule has 1 amide bonds. The fraction of sp³-hybridized carbons (Fsp3) is 0.333. The second-order valence-corrected chi connectivity index (χ2v) is 5.30. The van der Waals surface area contributed by atoms with Crippen molar-refractivity contribution in [2.45, 2.75) is 33.3 Å². The van der Waals surface area contributed by atoms with Gasteiger partial charge in [-0.15, -0.1) is 0 Å². The van der Waals surface area contributed by atoms with Crippen LogP contribution in [0.4, 0.5) is 10.5 Å². The van der Waals surface area contributed by atoms with Gasteiger partial charge in [0.2, 0.25) is 0 Å². The summed E-state index contributed by atoms with van der Waals surface area (Å²) in [4.78, 5) is 23.2. The lowest BCUT2D eigenvalue weighted by Gasteiger charge is -2.19. The van der Waals surface area contributed by atoms with Crippen LogP contribution in [0.5, 0.6) is 5.75 Å². The van der Waals surface area contributed by atoms with Gasteiger partial charge in [0, 0.05) is 5.57 Å². The summed E-state index contributed by atoms with van der Waals surface area (Å²) in [7, 11) is 0. The lowest BCUT2D eigenvalue weighted by molar-refractivity contribution is -0.112. The smallest absolute Gasteiger partial charge is 0.428 e. The minimum atomic E-state index is -0.825. The number of carbonyl (C=O) groups is 2. The molecule has 0 heterocycles. The van der Waals surface area contributed by atoms with E-state index in [0.717, 1.165) is 0 Å². The molecule has 20 heavy (non-hydrogen) atoms. The molecular weight excluding hydrogens is 258 g/mol. The Kier molecular flexibility index (Phi) is 4.91. The van der Waals surface area contributed by atoms with Crippen molar-refractivity contribution in [1.82, 2.24) is 0 Å². The normalized spacial score (nSPS) is 10.6. The van der Waals surface area contributed by atoms with E-state index < -0.39 is 11.8 Å². The van der Waals surface area contributed by atoms with Crippen LogP contribution in [0.3, 0.4) is 0 Å². The van der Waals surface area contributed by atoms with Crippen LogP contribution in [0.1, 0.15) is 27.7 Å². The van der Waals surface area contributed by atoms with E-state index in [2.05, 4.69) is 11.9 Å². The molecule has 0 radical (unpaired) electrons. The fourth-order valence-electron chi connectivity index (χ4n) is 1.25. The Morgan fingerprint density at radius 1 is 1.20 bits per heavy atom. The van der Waals surface area contributed by atoms with Crippen molar-refractivity contribution in [1.29, 1.82) is 0 Å². The molecule has 0 aliphatic rings. The summed E-state index contributed by atoms with van der Waals surface area (Å²) >= 11 is 0. The third-order valence-corrected chi connectivity index (χ3v) is 2.11. The fourth-order valence-corrected chi connectivity index (χ4v) is 1.25. The van der Waals surface area contributed by atoms with E-state index in [9.17, 15) is 9.59 Å². The number of para-hydroxylation sites is 2. The van der Waals surface area contributed by atoms with Crippen LogP contribution >= 0.6 is 0 Å². The molecular formula is C15H19NO4. The molecule has 0 aliphatic heterocycles. The molecule has 0 aliphatic carbocycles. The van der Waals surface area contributed by atoms with Gasteiger partial charge in [-0.3, -0.25) is 4.79 Å². The number of carbonyl (C=O) groups excluding carboxylic acids is 2. The van der Waals surface area contributed by atoms with E-state index in [0.29, 0.717) is 11.3 Å². The molecule has 108 valence electrons. The van der Waals surface area contributed by atoms with E-state index >= 15 is 0 Å². The van der Waals surface area contributed by atoms with Gasteiger partial charge < -0.3 is 14.8 Å². The summed E-state index contributed by atoms with van der Waals surface area (Å²) in [5, 5.41) is 2.61. The van der Waals surface area contributed by atoms with Gasteiger partial charge in [0.25, 0.3) is 5.91 Å². The summed E-state index contributed by atoms with van der Waals surface area (Å²) in [6.07, 6.45) is -0.825. The Bertz CT molecular complexity index is 529. The van der Waals surface area contributed by atoms with Gasteiger partial charge in [-0.05, 0) is 39.8 Å². The molecule has 5 heteroatoms. The average molecular weight is 277 g/mol. The van der Waals surface area contributed by atoms with E-state index in [1.54, 1.807) is 52.0 Å². The zero-order valence-electron chi connectivity index (χ0n) is 12.1. The number of rotatable bonds is 3. The van der Waals surface area contributed by atoms with E-state index in [1.165, 1.54) is 0 Å². The zero-order chi connectivity index (χ0) is 15.3. The first-order valence-electron chi connectivity index (χ1n) is 6.16. The maximum absolute atomic E-state index is 11.6. The van der Waals surface area contributed by atoms with Crippen LogP contribution in [0.15, 0.2) is 36.4 Å². The molecule has 0 saturated carbocycles. The quantitative estimate of drug-likeness (QED) is 0.521. The maximum atomic E-state index is 11.6. The standard InChI is InChI=1S/C15H19NO4/c1-10(2)13(17)16-11-8-6-7-9-12(11)19-14(18)20-15(3,4)5/h6-9H,1H2,2-5H3,(H,16,17). The monoisotopic (exact) mass is 277 g/mol. The Labute approximate surface area is 118 Å². The number of hydrogen-bond acceptors (Lipinski definition) is 4. The van der Waals surface area contributed by atoms with Crippen molar-refractivity contribution < 1.29 is 19.1 Å². The number of nitrogens with one attached hydrogen (secondary N) is 1. The second-order valence-electron chi connectivity index (χ2n) is 5.30. The van der Waals surface area contributed by atoms with Crippen molar-refractivity contribution >= 4 is 17.7 Å². The largest absolute Gasteiger partial charge is 0.514 e. The van der Waals surface area contributed by atoms with E-state index in [4.69, 9.17) is 9.47 Å². The highest BCUT2D eigenvalue weighted by Crippen LogP contribution is 2.25. The third kappa shape index (κ3) is 5.14. The molecule has 0 fully saturated rings. The minimum Gasteiger partial charge on any atom is -0.428 e. The summed E-state index contributed by atoms with van der Waals surface area (Å²) < 4.78 is 10.2. The maximum Gasteiger partial charge on any atom is 0.514 e. The van der Waals surface area contributed by atoms with Crippen LogP contribution in [0, 0.1) is 0 Å². The lowest BCUT2D eigenvalue weighted by atomic mass is 10.2. The van der Waals surface area contributed by atoms with Crippen molar-refractivity contribution in [3.05, 3.63) is 36.4 Å². The summed E-state index contributed by atoms with van der Waals surface area (Å²) in [5.74, 6) is -0.124. The minimum absolute atomic E-state index is 0.219. The molecule has 0 aromatic heterocycles. The molecule has 1 N–H and O–H groups in total. The summed E-state index contributed by atoms with van der Waals surface area (Å²) in [5.41, 5.74) is 0.0934. The van der Waals surface area contributed by atoms with Gasteiger partial charge in [-0.25, -0.2) is 4.79 Å². The first-order valence-corrected chi connectivity index (χ1v) is 6.16. The zero-order valence-corrected chi connectivity index (χ0v) is 12.1. The highest BCUT2D eigenvalue weighted by molar-refractivity contribution is 6.03. The van der Waals surface area contributed by atoms with Gasteiger partial charge in [0.15, 0.2) is 5.75 Å². The molecule has 0 spiro atoms. The highest BCUT2D eigenvalue weighted by Gasteiger charge is 2.19. The molecule has 1 aromatic carbocycles. The predicted octanol–water partition coefficient (Wildman–Crippen LogP) is 3.52. The number of anilines is 1. The van der Waals surface area contributed by atoms with Gasteiger partial charge >= 0.3 is 6.16 Å². The number of ether oxygens (including phenoxy) is 2. The van der Waals surface area contributed by atoms with Crippen molar-refractivity contribution in [2.75, 3.05) is 5.32 Å². The molecule has 0 atom stereocenters. The Morgan fingerprint density at radius 3 is 2.35 bits per heavy atom. The molecule has 0 saturated heterocycles. The average Bonchev–Trinajstić information content (AvgIpc) is 2.28. The third-order valence-electron chi connectivity index (χ3n) is 2.11. The first-order chi connectivity index (χ1) is 9.19. The Balaban J connectivity index is 2.83. The van der Waals surface area contributed by atoms with Crippen LogP contribution in [-0.4, -0.2) is 17.7 Å². The molecule has 5 nitrogen and oxygen atoms in total. The van der Waals surface area contributed by atoms with E-state index in [1.807, 2.05) is 0 Å². The molecule has 0 bridgehead atoms. The number of hydrogen-bond donors (Lipinski definition) is 1. The predicted molar refractivity (Wildman–Crippen MR) is 76.7 cm³/mol. The van der Waals surface area contributed by atoms with Gasteiger partial charge in [-0.1, -0.05) is 18.7 Å². The van der Waals surface area contributed by atoms with E-state index in [-0.39, 0.29) is 11.7 Å². The molecule has 1 rings (SSSR count). The van der Waals surface area contributed by atoms with Crippen molar-refractivity contribution in [3.8, 4) is 5.75 Å². The van der Waals surface area contributed by atoms with Gasteiger partial charge in [-0.2, -0.15) is 0 Å². The van der Waals surface area contributed by atoms with Crippen molar-refractivity contribution in [2.24, 2.45) is 0 Å². The number of amides is 1. The van der Waals surface area contributed by atoms with Gasteiger partial charge in [0.05, 0.1) is 5.69 Å². The van der Waals surface area contributed by atoms with Crippen molar-refractivity contribution in [3.63, 3.8) is 0 Å². The molecule has 0 unspecified atom stereocenters. The van der Waals surface area contributed by atoms with Crippen LogP contribution in [0.2, 0.25) is 0 Å². The van der Waals surface area contributed by atoms with Crippen LogP contribution in [-0.2, 0) is 9.53 Å². The second kappa shape index (κ2) is 6.23. The topological polar surface area (TPSA) is 64.6 Å². The Hall–Kier alpha value is -2.30. The Morgan fingerprint density at radius 2 is 1.80 bits per heavy atom. The van der Waals surface area contributed by atoms with Crippen LogP contribution < -0.4 is 10.1 Å². The van der Waals surface area contributed by atoms with Gasteiger partial charge in [0.1, 0.15) is 5.60 Å². The summed E-state index contributed by atoms with van der Waals surface area (Å²) in [6, 6.07) is 6.60. The first kappa shape index (κ1) is 15.8. The summed E-state index contributed by atoms with van der Waals surface area (Å²) in [6.45, 7) is 10.4. The van der Waals surface area contributed by atoms with Crippen LogP contribution in [0.25, 0.3) is 0 Å².